The van der Waals surface area contributed by atoms with Crippen molar-refractivity contribution < 1.29 is 13.9 Å². The zero-order valence-electron chi connectivity index (χ0n) is 9.64. The van der Waals surface area contributed by atoms with Gasteiger partial charge in [-0.25, -0.2) is 9.18 Å². The molecular weight excluding hydrogens is 221 g/mol. The van der Waals surface area contributed by atoms with E-state index in [9.17, 15) is 9.18 Å². The first-order valence-corrected chi connectivity index (χ1v) is 5.85. The normalized spacial score (nSPS) is 20.1. The van der Waals surface area contributed by atoms with Crippen molar-refractivity contribution in [1.82, 2.24) is 4.90 Å². The van der Waals surface area contributed by atoms with E-state index in [0.717, 1.165) is 5.56 Å². The lowest BCUT2D eigenvalue weighted by molar-refractivity contribution is 0.0718. The molecule has 1 aliphatic heterocycles. The summed E-state index contributed by atoms with van der Waals surface area (Å²) < 4.78 is 18.2. The molecule has 1 aromatic carbocycles. The molecule has 1 unspecified atom stereocenters. The van der Waals surface area contributed by atoms with Crippen molar-refractivity contribution in [3.05, 3.63) is 35.9 Å². The number of likely N-dealkylation sites (tertiary alicyclic amines) is 1. The van der Waals surface area contributed by atoms with Crippen molar-refractivity contribution >= 4 is 6.09 Å². The maximum Gasteiger partial charge on any atom is 0.410 e. The van der Waals surface area contributed by atoms with E-state index in [0.29, 0.717) is 19.4 Å². The molecule has 17 heavy (non-hydrogen) atoms. The van der Waals surface area contributed by atoms with Crippen molar-refractivity contribution in [3.63, 3.8) is 0 Å². The largest absolute Gasteiger partial charge is 0.445 e. The summed E-state index contributed by atoms with van der Waals surface area (Å²) in [7, 11) is 0. The molecule has 1 heterocycles. The summed E-state index contributed by atoms with van der Waals surface area (Å²) >= 11 is 0. The van der Waals surface area contributed by atoms with E-state index < -0.39 is 12.3 Å². The number of rotatable bonds is 2. The van der Waals surface area contributed by atoms with Gasteiger partial charge in [-0.15, -0.1) is 0 Å². The van der Waals surface area contributed by atoms with Crippen LogP contribution in [0.3, 0.4) is 0 Å². The first-order valence-electron chi connectivity index (χ1n) is 5.85. The summed E-state index contributed by atoms with van der Waals surface area (Å²) in [5, 5.41) is 0. The summed E-state index contributed by atoms with van der Waals surface area (Å²) in [5.74, 6) is 0. The highest BCUT2D eigenvalue weighted by molar-refractivity contribution is 5.67. The van der Waals surface area contributed by atoms with Gasteiger partial charge < -0.3 is 9.64 Å². The number of hydrogen-bond acceptors (Lipinski definition) is 2. The molecule has 0 radical (unpaired) electrons. The van der Waals surface area contributed by atoms with Crippen LogP contribution in [0.25, 0.3) is 0 Å². The molecule has 1 amide bonds. The molecule has 0 aliphatic carbocycles. The highest BCUT2D eigenvalue weighted by Gasteiger charge is 2.24. The van der Waals surface area contributed by atoms with E-state index >= 15 is 0 Å². The van der Waals surface area contributed by atoms with E-state index in [4.69, 9.17) is 4.74 Å². The lowest BCUT2D eigenvalue weighted by atomic mass is 10.1. The zero-order valence-corrected chi connectivity index (χ0v) is 9.64. The monoisotopic (exact) mass is 237 g/mol. The van der Waals surface area contributed by atoms with Gasteiger partial charge >= 0.3 is 6.09 Å². The van der Waals surface area contributed by atoms with E-state index in [1.54, 1.807) is 0 Å². The van der Waals surface area contributed by atoms with E-state index in [1.807, 2.05) is 30.3 Å². The number of carbonyl (C=O) groups excluding carboxylic acids is 1. The summed E-state index contributed by atoms with van der Waals surface area (Å²) in [5.41, 5.74) is 0.939. The van der Waals surface area contributed by atoms with Crippen LogP contribution in [0.2, 0.25) is 0 Å². The molecule has 0 spiro atoms. The molecule has 1 saturated heterocycles. The average molecular weight is 237 g/mol. The van der Waals surface area contributed by atoms with Crippen LogP contribution in [0.5, 0.6) is 0 Å². The molecule has 92 valence electrons. The van der Waals surface area contributed by atoms with E-state index in [1.165, 1.54) is 4.90 Å². The van der Waals surface area contributed by atoms with Gasteiger partial charge in [0, 0.05) is 6.54 Å². The van der Waals surface area contributed by atoms with Gasteiger partial charge in [0.05, 0.1) is 6.54 Å². The molecule has 0 aromatic heterocycles. The van der Waals surface area contributed by atoms with Crippen molar-refractivity contribution in [2.75, 3.05) is 13.1 Å². The Balaban J connectivity index is 1.81. The van der Waals surface area contributed by atoms with Crippen LogP contribution in [0.15, 0.2) is 30.3 Å². The molecule has 0 bridgehead atoms. The highest BCUT2D eigenvalue weighted by atomic mass is 19.1. The number of carbonyl (C=O) groups is 1. The molecule has 1 aromatic rings. The number of nitrogens with zero attached hydrogens (tertiary/aromatic N) is 1. The number of piperidine rings is 1. The minimum atomic E-state index is -0.909. The van der Waals surface area contributed by atoms with Crippen molar-refractivity contribution in [3.8, 4) is 0 Å². The van der Waals surface area contributed by atoms with Crippen molar-refractivity contribution in [2.45, 2.75) is 25.6 Å². The molecule has 0 saturated carbocycles. The predicted molar refractivity (Wildman–Crippen MR) is 62.3 cm³/mol. The molecule has 3 nitrogen and oxygen atoms in total. The lowest BCUT2D eigenvalue weighted by Gasteiger charge is -2.28. The number of alkyl halides is 1. The Morgan fingerprint density at radius 3 is 2.88 bits per heavy atom. The van der Waals surface area contributed by atoms with E-state index in [-0.39, 0.29) is 13.2 Å². The molecule has 1 fully saturated rings. The fourth-order valence-corrected chi connectivity index (χ4v) is 1.90. The highest BCUT2D eigenvalue weighted by Crippen LogP contribution is 2.14. The number of ether oxygens (including phenoxy) is 1. The Morgan fingerprint density at radius 1 is 1.41 bits per heavy atom. The van der Waals surface area contributed by atoms with Crippen LogP contribution in [0, 0.1) is 0 Å². The molecule has 1 atom stereocenters. The quantitative estimate of drug-likeness (QED) is 0.791. The zero-order chi connectivity index (χ0) is 12.1. The third-order valence-corrected chi connectivity index (χ3v) is 2.83. The van der Waals surface area contributed by atoms with Crippen LogP contribution in [0.4, 0.5) is 9.18 Å². The second-order valence-corrected chi connectivity index (χ2v) is 4.23. The Morgan fingerprint density at radius 2 is 2.18 bits per heavy atom. The van der Waals surface area contributed by atoms with Crippen LogP contribution >= 0.6 is 0 Å². The first kappa shape index (κ1) is 11.9. The lowest BCUT2D eigenvalue weighted by Crippen LogP contribution is -2.40. The molecule has 4 heteroatoms. The maximum absolute atomic E-state index is 13.1. The second-order valence-electron chi connectivity index (χ2n) is 4.23. The van der Waals surface area contributed by atoms with Gasteiger partial charge in [0.25, 0.3) is 0 Å². The Kier molecular flexibility index (Phi) is 3.96. The van der Waals surface area contributed by atoms with Crippen LogP contribution in [-0.2, 0) is 11.3 Å². The van der Waals surface area contributed by atoms with E-state index in [2.05, 4.69) is 0 Å². The fourth-order valence-electron chi connectivity index (χ4n) is 1.90. The molecule has 1 aliphatic rings. The Hall–Kier alpha value is -1.58. The Labute approximate surface area is 100 Å². The number of halogens is 1. The molecule has 2 rings (SSSR count). The SMILES string of the molecule is O=C(OCc1ccccc1)N1CCCC(F)C1. The smallest absolute Gasteiger partial charge is 0.410 e. The average Bonchev–Trinajstić information content (AvgIpc) is 2.37. The maximum atomic E-state index is 13.1. The van der Waals surface area contributed by atoms with Gasteiger partial charge in [-0.2, -0.15) is 0 Å². The number of amides is 1. The van der Waals surface area contributed by atoms with Gasteiger partial charge in [0.15, 0.2) is 0 Å². The van der Waals surface area contributed by atoms with Gasteiger partial charge in [0.2, 0.25) is 0 Å². The second kappa shape index (κ2) is 5.66. The van der Waals surface area contributed by atoms with Gasteiger partial charge in [-0.1, -0.05) is 30.3 Å². The number of hydrogen-bond donors (Lipinski definition) is 0. The summed E-state index contributed by atoms with van der Waals surface area (Å²) in [4.78, 5) is 13.1. The van der Waals surface area contributed by atoms with Crippen LogP contribution < -0.4 is 0 Å². The third-order valence-electron chi connectivity index (χ3n) is 2.83. The minimum Gasteiger partial charge on any atom is -0.445 e. The summed E-state index contributed by atoms with van der Waals surface area (Å²) in [6.07, 6.45) is -0.0754. The number of benzene rings is 1. The standard InChI is InChI=1S/C13H16FNO2/c14-12-7-4-8-15(9-12)13(16)17-10-11-5-2-1-3-6-11/h1-3,5-6,12H,4,7-10H2. The molecular formula is C13H16FNO2. The predicted octanol–water partition coefficient (Wildman–Crippen LogP) is 2.76. The summed E-state index contributed by atoms with van der Waals surface area (Å²) in [6.45, 7) is 0.995. The van der Waals surface area contributed by atoms with Gasteiger partial charge in [-0.05, 0) is 18.4 Å². The van der Waals surface area contributed by atoms with Gasteiger partial charge in [0.1, 0.15) is 12.8 Å². The summed E-state index contributed by atoms with van der Waals surface area (Å²) in [6, 6.07) is 9.47. The topological polar surface area (TPSA) is 29.5 Å². The van der Waals surface area contributed by atoms with Crippen molar-refractivity contribution in [2.24, 2.45) is 0 Å². The van der Waals surface area contributed by atoms with Crippen LogP contribution in [-0.4, -0.2) is 30.3 Å². The van der Waals surface area contributed by atoms with Crippen LogP contribution in [0.1, 0.15) is 18.4 Å². The minimum absolute atomic E-state index is 0.160. The fraction of sp³-hybridized carbons (Fsp3) is 0.462. The van der Waals surface area contributed by atoms with Gasteiger partial charge in [-0.3, -0.25) is 0 Å². The first-order chi connectivity index (χ1) is 8.25. The van der Waals surface area contributed by atoms with Crippen molar-refractivity contribution in [1.29, 1.82) is 0 Å². The third kappa shape index (κ3) is 3.44. The molecule has 0 N–H and O–H groups in total. The Bertz CT molecular complexity index is 369.